The summed E-state index contributed by atoms with van der Waals surface area (Å²) in [7, 11) is 1.71. The maximum atomic E-state index is 5.42. The molecule has 96 valence electrons. The van der Waals surface area contributed by atoms with Gasteiger partial charge in [-0.25, -0.2) is 4.98 Å². The topological polar surface area (TPSA) is 27.1 Å². The van der Waals surface area contributed by atoms with Crippen LogP contribution in [-0.2, 0) is 6.54 Å². The van der Waals surface area contributed by atoms with Crippen LogP contribution in [0, 0.1) is 6.92 Å². The van der Waals surface area contributed by atoms with Gasteiger partial charge in [0.25, 0.3) is 0 Å². The molecular weight excluding hydrogens is 224 g/mol. The molecule has 0 unspecified atom stereocenters. The first kappa shape index (κ1) is 12.7. The fourth-order valence-corrected chi connectivity index (χ4v) is 2.17. The molecule has 0 atom stereocenters. The van der Waals surface area contributed by atoms with Crippen LogP contribution in [0.15, 0.2) is 30.6 Å². The molecule has 0 saturated heterocycles. The Labute approximate surface area is 108 Å². The zero-order chi connectivity index (χ0) is 13.1. The Morgan fingerprint density at radius 1 is 1.33 bits per heavy atom. The van der Waals surface area contributed by atoms with Crippen LogP contribution in [0.25, 0.3) is 0 Å². The molecule has 1 aromatic heterocycles. The van der Waals surface area contributed by atoms with Crippen molar-refractivity contribution in [2.75, 3.05) is 7.11 Å². The lowest BCUT2D eigenvalue weighted by atomic mass is 10.1. The molecule has 1 aromatic carbocycles. The molecule has 1 heterocycles. The lowest BCUT2D eigenvalue weighted by Crippen LogP contribution is -2.07. The summed E-state index contributed by atoms with van der Waals surface area (Å²) in [5.41, 5.74) is 2.44. The lowest BCUT2D eigenvalue weighted by Gasteiger charge is -2.13. The van der Waals surface area contributed by atoms with Gasteiger partial charge in [-0.15, -0.1) is 0 Å². The third-order valence-corrected chi connectivity index (χ3v) is 3.04. The Balaban J connectivity index is 2.33. The highest BCUT2D eigenvalue weighted by Crippen LogP contribution is 2.22. The largest absolute Gasteiger partial charge is 0.496 e. The van der Waals surface area contributed by atoms with Crippen molar-refractivity contribution in [3.8, 4) is 5.75 Å². The van der Waals surface area contributed by atoms with E-state index in [4.69, 9.17) is 4.74 Å². The van der Waals surface area contributed by atoms with Crippen molar-refractivity contribution in [3.05, 3.63) is 47.5 Å². The number of methoxy groups -OCH3 is 1. The molecule has 0 saturated carbocycles. The summed E-state index contributed by atoms with van der Waals surface area (Å²) in [6, 6.07) is 6.26. The number of rotatable bonds is 4. The monoisotopic (exact) mass is 244 g/mol. The van der Waals surface area contributed by atoms with Gasteiger partial charge in [0.05, 0.1) is 13.7 Å². The van der Waals surface area contributed by atoms with Gasteiger partial charge < -0.3 is 9.30 Å². The second-order valence-electron chi connectivity index (χ2n) is 4.88. The van der Waals surface area contributed by atoms with E-state index >= 15 is 0 Å². The summed E-state index contributed by atoms with van der Waals surface area (Å²) in [6.45, 7) is 7.22. The SMILES string of the molecule is COc1ccc(C)cc1Cn1ccnc1C(C)C. The molecule has 0 radical (unpaired) electrons. The summed E-state index contributed by atoms with van der Waals surface area (Å²) in [5, 5.41) is 0. The predicted octanol–water partition coefficient (Wildman–Crippen LogP) is 3.37. The molecule has 3 heteroatoms. The van der Waals surface area contributed by atoms with Crippen LogP contribution >= 0.6 is 0 Å². The predicted molar refractivity (Wildman–Crippen MR) is 73.1 cm³/mol. The summed E-state index contributed by atoms with van der Waals surface area (Å²) in [4.78, 5) is 4.41. The molecule has 3 nitrogen and oxygen atoms in total. The van der Waals surface area contributed by atoms with E-state index in [-0.39, 0.29) is 0 Å². The van der Waals surface area contributed by atoms with E-state index in [2.05, 4.69) is 42.5 Å². The smallest absolute Gasteiger partial charge is 0.123 e. The maximum absolute atomic E-state index is 5.42. The first-order valence-electron chi connectivity index (χ1n) is 6.26. The van der Waals surface area contributed by atoms with Crippen LogP contribution in [0.5, 0.6) is 5.75 Å². The van der Waals surface area contributed by atoms with Crippen molar-refractivity contribution in [1.82, 2.24) is 9.55 Å². The van der Waals surface area contributed by atoms with Gasteiger partial charge in [0.15, 0.2) is 0 Å². The van der Waals surface area contributed by atoms with Crippen LogP contribution in [0.3, 0.4) is 0 Å². The molecular formula is C15H20N2O. The van der Waals surface area contributed by atoms with E-state index in [0.29, 0.717) is 5.92 Å². The lowest BCUT2D eigenvalue weighted by molar-refractivity contribution is 0.408. The van der Waals surface area contributed by atoms with Crippen molar-refractivity contribution in [1.29, 1.82) is 0 Å². The molecule has 0 aliphatic heterocycles. The van der Waals surface area contributed by atoms with E-state index in [1.165, 1.54) is 11.1 Å². The van der Waals surface area contributed by atoms with Crippen LogP contribution in [-0.4, -0.2) is 16.7 Å². The fraction of sp³-hybridized carbons (Fsp3) is 0.400. The molecule has 0 spiro atoms. The van der Waals surface area contributed by atoms with Gasteiger partial charge in [0.2, 0.25) is 0 Å². The summed E-state index contributed by atoms with van der Waals surface area (Å²) < 4.78 is 7.60. The van der Waals surface area contributed by atoms with Gasteiger partial charge in [-0.2, -0.15) is 0 Å². The molecule has 0 N–H and O–H groups in total. The van der Waals surface area contributed by atoms with Crippen molar-refractivity contribution in [3.63, 3.8) is 0 Å². The number of aromatic nitrogens is 2. The summed E-state index contributed by atoms with van der Waals surface area (Å²) in [6.07, 6.45) is 3.88. The molecule has 0 amide bonds. The highest BCUT2D eigenvalue weighted by Gasteiger charge is 2.10. The third-order valence-electron chi connectivity index (χ3n) is 3.04. The number of imidazole rings is 1. The molecule has 0 aliphatic carbocycles. The number of hydrogen-bond acceptors (Lipinski definition) is 2. The van der Waals surface area contributed by atoms with Gasteiger partial charge in [-0.3, -0.25) is 0 Å². The Bertz CT molecular complexity index is 529. The minimum atomic E-state index is 0.427. The van der Waals surface area contributed by atoms with Crippen molar-refractivity contribution < 1.29 is 4.74 Å². The minimum absolute atomic E-state index is 0.427. The quantitative estimate of drug-likeness (QED) is 0.824. The van der Waals surface area contributed by atoms with E-state index in [9.17, 15) is 0 Å². The second kappa shape index (κ2) is 5.25. The second-order valence-corrected chi connectivity index (χ2v) is 4.88. The summed E-state index contributed by atoms with van der Waals surface area (Å²) >= 11 is 0. The Morgan fingerprint density at radius 3 is 2.78 bits per heavy atom. The minimum Gasteiger partial charge on any atom is -0.496 e. The van der Waals surface area contributed by atoms with E-state index < -0.39 is 0 Å². The average molecular weight is 244 g/mol. The zero-order valence-corrected chi connectivity index (χ0v) is 11.5. The number of aryl methyl sites for hydroxylation is 1. The van der Waals surface area contributed by atoms with E-state index in [1.54, 1.807) is 7.11 Å². The van der Waals surface area contributed by atoms with Crippen molar-refractivity contribution in [2.45, 2.75) is 33.2 Å². The Morgan fingerprint density at radius 2 is 2.11 bits per heavy atom. The number of hydrogen-bond donors (Lipinski definition) is 0. The summed E-state index contributed by atoms with van der Waals surface area (Å²) in [5.74, 6) is 2.47. The van der Waals surface area contributed by atoms with Crippen LogP contribution in [0.4, 0.5) is 0 Å². The number of ether oxygens (including phenoxy) is 1. The van der Waals surface area contributed by atoms with Gasteiger partial charge in [-0.1, -0.05) is 31.5 Å². The third kappa shape index (κ3) is 2.55. The molecule has 0 aliphatic rings. The fourth-order valence-electron chi connectivity index (χ4n) is 2.17. The van der Waals surface area contributed by atoms with Gasteiger partial charge >= 0.3 is 0 Å². The van der Waals surface area contributed by atoms with Gasteiger partial charge in [0, 0.05) is 23.9 Å². The highest BCUT2D eigenvalue weighted by atomic mass is 16.5. The first-order valence-corrected chi connectivity index (χ1v) is 6.26. The van der Waals surface area contributed by atoms with Gasteiger partial charge in [-0.05, 0) is 13.0 Å². The number of benzene rings is 1. The van der Waals surface area contributed by atoms with Gasteiger partial charge in [0.1, 0.15) is 11.6 Å². The highest BCUT2D eigenvalue weighted by molar-refractivity contribution is 5.37. The average Bonchev–Trinajstić information content (AvgIpc) is 2.77. The molecule has 2 aromatic rings. The zero-order valence-electron chi connectivity index (χ0n) is 11.5. The number of nitrogens with zero attached hydrogens (tertiary/aromatic N) is 2. The Kier molecular flexibility index (Phi) is 3.70. The molecule has 2 rings (SSSR count). The molecule has 0 fully saturated rings. The standard InChI is InChI=1S/C15H20N2O/c1-11(2)15-16-7-8-17(15)10-13-9-12(3)5-6-14(13)18-4/h5-9,11H,10H2,1-4H3. The van der Waals surface area contributed by atoms with E-state index in [0.717, 1.165) is 18.1 Å². The van der Waals surface area contributed by atoms with Crippen LogP contribution in [0.2, 0.25) is 0 Å². The molecule has 18 heavy (non-hydrogen) atoms. The van der Waals surface area contributed by atoms with Crippen molar-refractivity contribution in [2.24, 2.45) is 0 Å². The van der Waals surface area contributed by atoms with Crippen LogP contribution < -0.4 is 4.74 Å². The molecule has 0 bridgehead atoms. The van der Waals surface area contributed by atoms with Crippen LogP contribution in [0.1, 0.15) is 36.7 Å². The normalized spacial score (nSPS) is 10.9. The Hall–Kier alpha value is -1.77. The van der Waals surface area contributed by atoms with E-state index in [1.807, 2.05) is 18.5 Å². The first-order chi connectivity index (χ1) is 8.61. The maximum Gasteiger partial charge on any atom is 0.123 e. The van der Waals surface area contributed by atoms with Crippen molar-refractivity contribution >= 4 is 0 Å².